The van der Waals surface area contributed by atoms with E-state index in [9.17, 15) is 4.79 Å². The number of rotatable bonds is 5. The maximum absolute atomic E-state index is 11.0. The first-order chi connectivity index (χ1) is 10.1. The molecule has 5 heteroatoms. The van der Waals surface area contributed by atoms with E-state index >= 15 is 0 Å². The Bertz CT molecular complexity index is 680. The molecule has 0 spiro atoms. The summed E-state index contributed by atoms with van der Waals surface area (Å²) in [5, 5.41) is 18.0. The summed E-state index contributed by atoms with van der Waals surface area (Å²) in [7, 11) is 0. The van der Waals surface area contributed by atoms with Crippen LogP contribution in [-0.4, -0.2) is 17.6 Å². The second kappa shape index (κ2) is 6.78. The molecular weight excluding hydrogens is 288 g/mol. The van der Waals surface area contributed by atoms with Crippen molar-refractivity contribution in [2.24, 2.45) is 0 Å². The number of nitriles is 1. The molecular formula is C16H13ClN2O2. The highest BCUT2D eigenvalue weighted by atomic mass is 35.5. The van der Waals surface area contributed by atoms with Gasteiger partial charge in [0.25, 0.3) is 0 Å². The van der Waals surface area contributed by atoms with E-state index in [1.165, 1.54) is 6.07 Å². The van der Waals surface area contributed by atoms with Crippen LogP contribution in [0.3, 0.4) is 0 Å². The van der Waals surface area contributed by atoms with Gasteiger partial charge in [0.2, 0.25) is 0 Å². The number of anilines is 2. The lowest BCUT2D eigenvalue weighted by Gasteiger charge is -2.24. The summed E-state index contributed by atoms with van der Waals surface area (Å²) in [6, 6.07) is 16.5. The van der Waals surface area contributed by atoms with Crippen molar-refractivity contribution >= 4 is 28.9 Å². The number of carboxylic acids is 1. The van der Waals surface area contributed by atoms with Crippen LogP contribution in [0.1, 0.15) is 16.8 Å². The highest BCUT2D eigenvalue weighted by Crippen LogP contribution is 2.29. The minimum absolute atomic E-state index is 0.0636. The topological polar surface area (TPSA) is 64.3 Å². The number of carboxylic acid groups (broad SMARTS) is 1. The zero-order chi connectivity index (χ0) is 15.2. The zero-order valence-corrected chi connectivity index (χ0v) is 11.9. The fourth-order valence-electron chi connectivity index (χ4n) is 2.02. The first-order valence-corrected chi connectivity index (χ1v) is 6.73. The largest absolute Gasteiger partial charge is 0.478 e. The highest BCUT2D eigenvalue weighted by Gasteiger charge is 2.13. The monoisotopic (exact) mass is 300 g/mol. The Kier molecular flexibility index (Phi) is 4.81. The molecule has 0 atom stereocenters. The first kappa shape index (κ1) is 14.9. The smallest absolute Gasteiger partial charge is 0.337 e. The van der Waals surface area contributed by atoms with Gasteiger partial charge in [0.05, 0.1) is 23.1 Å². The van der Waals surface area contributed by atoms with Crippen molar-refractivity contribution in [1.29, 1.82) is 5.26 Å². The summed E-state index contributed by atoms with van der Waals surface area (Å²) in [6.45, 7) is 0.503. The van der Waals surface area contributed by atoms with Gasteiger partial charge in [-0.2, -0.15) is 5.26 Å². The van der Waals surface area contributed by atoms with Crippen LogP contribution in [-0.2, 0) is 0 Å². The van der Waals surface area contributed by atoms with E-state index in [0.29, 0.717) is 13.0 Å². The fourth-order valence-corrected chi connectivity index (χ4v) is 2.28. The van der Waals surface area contributed by atoms with Crippen LogP contribution in [0.5, 0.6) is 0 Å². The van der Waals surface area contributed by atoms with Crippen LogP contribution < -0.4 is 4.90 Å². The van der Waals surface area contributed by atoms with E-state index < -0.39 is 5.97 Å². The van der Waals surface area contributed by atoms with Gasteiger partial charge in [-0.3, -0.25) is 0 Å². The number of aromatic carboxylic acids is 1. The molecule has 0 unspecified atom stereocenters. The van der Waals surface area contributed by atoms with E-state index in [2.05, 4.69) is 6.07 Å². The number of halogens is 1. The minimum atomic E-state index is -1.06. The molecule has 4 nitrogen and oxygen atoms in total. The molecule has 0 amide bonds. The SMILES string of the molecule is N#CCCN(c1ccccc1)c1ccc(C(=O)O)c(Cl)c1. The molecule has 0 saturated carbocycles. The number of hydrogen-bond acceptors (Lipinski definition) is 3. The summed E-state index contributed by atoms with van der Waals surface area (Å²) in [5.74, 6) is -1.06. The van der Waals surface area contributed by atoms with Crippen molar-refractivity contribution in [3.05, 3.63) is 59.1 Å². The number of benzene rings is 2. The maximum atomic E-state index is 11.0. The number of carbonyl (C=O) groups is 1. The second-order valence-electron chi connectivity index (χ2n) is 4.36. The third kappa shape index (κ3) is 3.53. The van der Waals surface area contributed by atoms with Crippen LogP contribution in [0, 0.1) is 11.3 Å². The van der Waals surface area contributed by atoms with E-state index in [-0.39, 0.29) is 10.6 Å². The van der Waals surface area contributed by atoms with Gasteiger partial charge in [0.1, 0.15) is 0 Å². The molecule has 0 bridgehead atoms. The summed E-state index contributed by atoms with van der Waals surface area (Å²) in [4.78, 5) is 12.9. The van der Waals surface area contributed by atoms with E-state index in [1.807, 2.05) is 35.2 Å². The molecule has 0 aliphatic heterocycles. The summed E-state index contributed by atoms with van der Waals surface area (Å²) in [5.41, 5.74) is 1.74. The van der Waals surface area contributed by atoms with Crippen LogP contribution in [0.15, 0.2) is 48.5 Å². The molecule has 0 aliphatic rings. The second-order valence-corrected chi connectivity index (χ2v) is 4.77. The highest BCUT2D eigenvalue weighted by molar-refractivity contribution is 6.33. The van der Waals surface area contributed by atoms with Gasteiger partial charge in [0.15, 0.2) is 0 Å². The van der Waals surface area contributed by atoms with Gasteiger partial charge in [-0.25, -0.2) is 4.79 Å². The quantitative estimate of drug-likeness (QED) is 0.903. The Morgan fingerprint density at radius 3 is 2.48 bits per heavy atom. The molecule has 2 aromatic carbocycles. The molecule has 0 radical (unpaired) electrons. The van der Waals surface area contributed by atoms with Crippen molar-refractivity contribution in [2.45, 2.75) is 6.42 Å². The van der Waals surface area contributed by atoms with Crippen molar-refractivity contribution in [2.75, 3.05) is 11.4 Å². The molecule has 0 saturated heterocycles. The van der Waals surface area contributed by atoms with Gasteiger partial charge in [0, 0.05) is 17.9 Å². The molecule has 0 aromatic heterocycles. The summed E-state index contributed by atoms with van der Waals surface area (Å²) < 4.78 is 0. The molecule has 1 N–H and O–H groups in total. The Morgan fingerprint density at radius 2 is 1.90 bits per heavy atom. The van der Waals surface area contributed by atoms with Crippen LogP contribution >= 0.6 is 11.6 Å². The zero-order valence-electron chi connectivity index (χ0n) is 11.2. The lowest BCUT2D eigenvalue weighted by Crippen LogP contribution is -2.18. The Balaban J connectivity index is 2.40. The average Bonchev–Trinajstić information content (AvgIpc) is 2.48. The minimum Gasteiger partial charge on any atom is -0.478 e. The Morgan fingerprint density at radius 1 is 1.19 bits per heavy atom. The van der Waals surface area contributed by atoms with Crippen molar-refractivity contribution in [3.8, 4) is 6.07 Å². The van der Waals surface area contributed by atoms with Crippen LogP contribution in [0.25, 0.3) is 0 Å². The number of hydrogen-bond donors (Lipinski definition) is 1. The van der Waals surface area contributed by atoms with Gasteiger partial charge in [-0.05, 0) is 30.3 Å². The van der Waals surface area contributed by atoms with Gasteiger partial charge in [-0.15, -0.1) is 0 Å². The fraction of sp³-hybridized carbons (Fsp3) is 0.125. The molecule has 0 heterocycles. The molecule has 0 fully saturated rings. The van der Waals surface area contributed by atoms with Crippen molar-refractivity contribution in [3.63, 3.8) is 0 Å². The number of nitrogens with zero attached hydrogens (tertiary/aromatic N) is 2. The van der Waals surface area contributed by atoms with E-state index in [0.717, 1.165) is 11.4 Å². The standard InChI is InChI=1S/C16H13ClN2O2/c17-15-11-13(7-8-14(15)16(20)21)19(10-4-9-18)12-5-2-1-3-6-12/h1-3,5-8,11H,4,10H2,(H,20,21). The molecule has 106 valence electrons. The van der Waals surface area contributed by atoms with Gasteiger partial charge < -0.3 is 10.0 Å². The molecule has 2 aromatic rings. The first-order valence-electron chi connectivity index (χ1n) is 6.36. The van der Waals surface area contributed by atoms with Crippen molar-refractivity contribution < 1.29 is 9.90 Å². The molecule has 2 rings (SSSR count). The Labute approximate surface area is 127 Å². The predicted octanol–water partition coefficient (Wildman–Crippen LogP) is 4.09. The lowest BCUT2D eigenvalue weighted by molar-refractivity contribution is 0.0697. The normalized spacial score (nSPS) is 9.90. The summed E-state index contributed by atoms with van der Waals surface area (Å²) >= 11 is 6.02. The molecule has 21 heavy (non-hydrogen) atoms. The maximum Gasteiger partial charge on any atom is 0.337 e. The molecule has 0 aliphatic carbocycles. The van der Waals surface area contributed by atoms with Crippen molar-refractivity contribution in [1.82, 2.24) is 0 Å². The third-order valence-electron chi connectivity index (χ3n) is 3.01. The van der Waals surface area contributed by atoms with E-state index in [4.69, 9.17) is 22.0 Å². The van der Waals surface area contributed by atoms with Gasteiger partial charge in [-0.1, -0.05) is 29.8 Å². The summed E-state index contributed by atoms with van der Waals surface area (Å²) in [6.07, 6.45) is 0.354. The Hall–Kier alpha value is -2.51. The van der Waals surface area contributed by atoms with Gasteiger partial charge >= 0.3 is 5.97 Å². The van der Waals surface area contributed by atoms with E-state index in [1.54, 1.807) is 12.1 Å². The predicted molar refractivity (Wildman–Crippen MR) is 82.1 cm³/mol. The number of para-hydroxylation sites is 1. The third-order valence-corrected chi connectivity index (χ3v) is 3.32. The van der Waals surface area contributed by atoms with Crippen LogP contribution in [0.4, 0.5) is 11.4 Å². The lowest BCUT2D eigenvalue weighted by atomic mass is 10.1. The van der Waals surface area contributed by atoms with Crippen LogP contribution in [0.2, 0.25) is 5.02 Å². The average molecular weight is 301 g/mol.